The maximum Gasteiger partial charge on any atom is 0.237 e. The van der Waals surface area contributed by atoms with Crippen LogP contribution in [0.4, 0.5) is 0 Å². The van der Waals surface area contributed by atoms with Crippen LogP contribution in [0.2, 0.25) is 25.1 Å². The van der Waals surface area contributed by atoms with E-state index in [2.05, 4.69) is 0 Å². The van der Waals surface area contributed by atoms with Crippen molar-refractivity contribution in [2.45, 2.75) is 6.42 Å². The summed E-state index contributed by atoms with van der Waals surface area (Å²) < 4.78 is 5.25. The Morgan fingerprint density at radius 1 is 1.00 bits per heavy atom. The summed E-state index contributed by atoms with van der Waals surface area (Å²) in [7, 11) is 0. The van der Waals surface area contributed by atoms with Crippen LogP contribution in [0.25, 0.3) is 0 Å². The number of hydrazine groups is 1. The van der Waals surface area contributed by atoms with Gasteiger partial charge in [0.15, 0.2) is 5.75 Å². The number of carbonyl (C=O) groups is 1. The van der Waals surface area contributed by atoms with E-state index in [1.54, 1.807) is 0 Å². The molecule has 0 radical (unpaired) electrons. The second kappa shape index (κ2) is 6.89. The minimum absolute atomic E-state index is 0.0107. The number of benzene rings is 1. The van der Waals surface area contributed by atoms with Crippen molar-refractivity contribution in [3.8, 4) is 5.75 Å². The van der Waals surface area contributed by atoms with Crippen LogP contribution in [-0.4, -0.2) is 12.5 Å². The van der Waals surface area contributed by atoms with E-state index in [-0.39, 0.29) is 43.9 Å². The number of halogens is 5. The zero-order valence-corrected chi connectivity index (χ0v) is 12.5. The summed E-state index contributed by atoms with van der Waals surface area (Å²) in [6.45, 7) is 0.0107. The zero-order chi connectivity index (χ0) is 13.9. The van der Waals surface area contributed by atoms with Gasteiger partial charge in [-0.1, -0.05) is 58.0 Å². The Hall–Kier alpha value is -0.100. The zero-order valence-electron chi connectivity index (χ0n) is 8.70. The third-order valence-corrected chi connectivity index (χ3v) is 4.15. The van der Waals surface area contributed by atoms with Crippen LogP contribution in [0.3, 0.4) is 0 Å². The van der Waals surface area contributed by atoms with Crippen LogP contribution in [0, 0.1) is 0 Å². The maximum absolute atomic E-state index is 10.9. The van der Waals surface area contributed by atoms with Gasteiger partial charge in [0.25, 0.3) is 0 Å². The van der Waals surface area contributed by atoms with Gasteiger partial charge in [0.05, 0.1) is 28.1 Å². The van der Waals surface area contributed by atoms with E-state index in [1.807, 2.05) is 5.43 Å². The smallest absolute Gasteiger partial charge is 0.237 e. The third kappa shape index (κ3) is 3.47. The van der Waals surface area contributed by atoms with Gasteiger partial charge in [0, 0.05) is 0 Å². The van der Waals surface area contributed by atoms with E-state index in [0.717, 1.165) is 0 Å². The van der Waals surface area contributed by atoms with Crippen molar-refractivity contribution in [1.29, 1.82) is 0 Å². The summed E-state index contributed by atoms with van der Waals surface area (Å²) in [5, 5.41) is 0.172. The average molecular weight is 352 g/mol. The highest BCUT2D eigenvalue weighted by Crippen LogP contribution is 2.48. The Balaban J connectivity index is 2.93. The lowest BCUT2D eigenvalue weighted by Gasteiger charge is -2.13. The van der Waals surface area contributed by atoms with Gasteiger partial charge in [-0.3, -0.25) is 10.2 Å². The number of amides is 1. The minimum atomic E-state index is -0.395. The SMILES string of the molecule is NNC(=O)CCOc1c(Cl)c(Cl)c(Cl)c(Cl)c1Cl. The molecule has 0 fully saturated rings. The van der Waals surface area contributed by atoms with Crippen LogP contribution in [0.5, 0.6) is 5.75 Å². The molecule has 100 valence electrons. The number of hydrogen-bond donors (Lipinski definition) is 2. The normalized spacial score (nSPS) is 10.3. The summed E-state index contributed by atoms with van der Waals surface area (Å²) >= 11 is 29.3. The molecule has 1 aromatic carbocycles. The highest BCUT2D eigenvalue weighted by molar-refractivity contribution is 6.55. The van der Waals surface area contributed by atoms with Crippen LogP contribution in [-0.2, 0) is 4.79 Å². The molecule has 9 heteroatoms. The third-order valence-electron chi connectivity index (χ3n) is 1.91. The molecule has 4 nitrogen and oxygen atoms in total. The first-order chi connectivity index (χ1) is 8.40. The molecule has 3 N–H and O–H groups in total. The molecule has 1 amide bonds. The molecule has 0 heterocycles. The molecule has 0 aliphatic carbocycles. The molecule has 0 atom stereocenters. The van der Waals surface area contributed by atoms with Crippen LogP contribution in [0.1, 0.15) is 6.42 Å². The molecule has 18 heavy (non-hydrogen) atoms. The fourth-order valence-corrected chi connectivity index (χ4v) is 2.26. The summed E-state index contributed by atoms with van der Waals surface area (Å²) in [6.07, 6.45) is 0.0288. The van der Waals surface area contributed by atoms with E-state index in [4.69, 9.17) is 68.6 Å². The molecule has 0 saturated heterocycles. The van der Waals surface area contributed by atoms with Crippen molar-refractivity contribution in [2.24, 2.45) is 5.84 Å². The first-order valence-corrected chi connectivity index (χ1v) is 6.42. The van der Waals surface area contributed by atoms with Gasteiger partial charge in [-0.05, 0) is 0 Å². The lowest BCUT2D eigenvalue weighted by Crippen LogP contribution is -2.31. The van der Waals surface area contributed by atoms with Gasteiger partial charge in [0.2, 0.25) is 5.91 Å². The van der Waals surface area contributed by atoms with Crippen LogP contribution < -0.4 is 16.0 Å². The highest BCUT2D eigenvalue weighted by Gasteiger charge is 2.20. The van der Waals surface area contributed by atoms with E-state index >= 15 is 0 Å². The number of hydrogen-bond acceptors (Lipinski definition) is 3. The predicted octanol–water partition coefficient (Wildman–Crippen LogP) is 3.71. The van der Waals surface area contributed by atoms with Crippen molar-refractivity contribution in [1.82, 2.24) is 5.43 Å². The number of nitrogens with one attached hydrogen (secondary N) is 1. The Bertz CT molecular complexity index is 452. The molecule has 1 aromatic rings. The van der Waals surface area contributed by atoms with Crippen LogP contribution >= 0.6 is 58.0 Å². The minimum Gasteiger partial charge on any atom is -0.490 e. The van der Waals surface area contributed by atoms with Gasteiger partial charge in [-0.15, -0.1) is 0 Å². The van der Waals surface area contributed by atoms with Gasteiger partial charge in [-0.2, -0.15) is 0 Å². The van der Waals surface area contributed by atoms with Crippen molar-refractivity contribution in [3.05, 3.63) is 25.1 Å². The van der Waals surface area contributed by atoms with Crippen molar-refractivity contribution >= 4 is 63.9 Å². The second-order valence-corrected chi connectivity index (χ2v) is 4.95. The molecule has 0 saturated carbocycles. The van der Waals surface area contributed by atoms with E-state index in [1.165, 1.54) is 0 Å². The molecule has 1 rings (SSSR count). The Morgan fingerprint density at radius 2 is 1.44 bits per heavy atom. The average Bonchev–Trinajstić information content (AvgIpc) is 2.37. The standard InChI is InChI=1S/C9H7Cl5N2O2/c10-4-5(11)7(13)9(8(14)6(4)12)18-2-1-3(17)16-15/h1-2,15H2,(H,16,17). The molecule has 0 unspecified atom stereocenters. The number of ether oxygens (including phenoxy) is 1. The van der Waals surface area contributed by atoms with Gasteiger partial charge >= 0.3 is 0 Å². The number of rotatable bonds is 4. The Kier molecular flexibility index (Phi) is 6.11. The van der Waals surface area contributed by atoms with Gasteiger partial charge < -0.3 is 4.74 Å². The number of carbonyl (C=O) groups excluding carboxylic acids is 1. The first kappa shape index (κ1) is 16.0. The summed E-state index contributed by atoms with van der Waals surface area (Å²) in [5.74, 6) is 4.59. The molecule has 0 aliphatic rings. The Morgan fingerprint density at radius 3 is 1.89 bits per heavy atom. The fourth-order valence-electron chi connectivity index (χ4n) is 1.03. The van der Waals surface area contributed by atoms with Crippen molar-refractivity contribution < 1.29 is 9.53 Å². The highest BCUT2D eigenvalue weighted by atomic mass is 35.5. The summed E-state index contributed by atoms with van der Waals surface area (Å²) in [6, 6.07) is 0. The molecular weight excluding hydrogens is 345 g/mol. The predicted molar refractivity (Wildman–Crippen MR) is 73.9 cm³/mol. The first-order valence-electron chi connectivity index (χ1n) is 4.53. The second-order valence-electron chi connectivity index (χ2n) is 3.07. The monoisotopic (exact) mass is 350 g/mol. The van der Waals surface area contributed by atoms with Gasteiger partial charge in [0.1, 0.15) is 10.0 Å². The lowest BCUT2D eigenvalue weighted by molar-refractivity contribution is -0.121. The molecular formula is C9H7Cl5N2O2. The number of nitrogens with two attached hydrogens (primary N) is 1. The van der Waals surface area contributed by atoms with Crippen molar-refractivity contribution in [3.63, 3.8) is 0 Å². The Labute approximate surface area is 128 Å². The lowest BCUT2D eigenvalue weighted by atomic mass is 10.3. The summed E-state index contributed by atoms with van der Waals surface area (Å²) in [4.78, 5) is 10.9. The van der Waals surface area contributed by atoms with Gasteiger partial charge in [-0.25, -0.2) is 5.84 Å². The van der Waals surface area contributed by atoms with Crippen molar-refractivity contribution in [2.75, 3.05) is 6.61 Å². The quantitative estimate of drug-likeness (QED) is 0.285. The molecule has 0 aliphatic heterocycles. The van der Waals surface area contributed by atoms with E-state index in [9.17, 15) is 4.79 Å². The summed E-state index contributed by atoms with van der Waals surface area (Å²) in [5.41, 5.74) is 1.95. The topological polar surface area (TPSA) is 64.3 Å². The fraction of sp³-hybridized carbons (Fsp3) is 0.222. The van der Waals surface area contributed by atoms with Crippen LogP contribution in [0.15, 0.2) is 0 Å². The molecule has 0 spiro atoms. The molecule has 0 bridgehead atoms. The largest absolute Gasteiger partial charge is 0.490 e. The van der Waals surface area contributed by atoms with E-state index in [0.29, 0.717) is 0 Å². The maximum atomic E-state index is 10.9. The molecule has 0 aromatic heterocycles. The van der Waals surface area contributed by atoms with E-state index < -0.39 is 5.91 Å².